The highest BCUT2D eigenvalue weighted by atomic mass is 79.9. The number of amides is 2. The maximum atomic E-state index is 12.9. The summed E-state index contributed by atoms with van der Waals surface area (Å²) in [5.74, 6) is 0.545. The van der Waals surface area contributed by atoms with Gasteiger partial charge in [0, 0.05) is 28.8 Å². The Morgan fingerprint density at radius 1 is 1.11 bits per heavy atom. The first-order valence-corrected chi connectivity index (χ1v) is 10.3. The van der Waals surface area contributed by atoms with Gasteiger partial charge in [0.25, 0.3) is 11.8 Å². The van der Waals surface area contributed by atoms with E-state index in [1.165, 1.54) is 0 Å². The summed E-state index contributed by atoms with van der Waals surface area (Å²) >= 11 is 3.41. The molecule has 0 radical (unpaired) electrons. The molecule has 0 spiro atoms. The fourth-order valence-corrected chi connectivity index (χ4v) is 3.04. The summed E-state index contributed by atoms with van der Waals surface area (Å²) in [6, 6.07) is 12.3. The number of nitrogens with one attached hydrogen (secondary N) is 1. The van der Waals surface area contributed by atoms with Gasteiger partial charge in [0.15, 0.2) is 0 Å². The first-order chi connectivity index (χ1) is 13.3. The molecule has 0 saturated heterocycles. The van der Waals surface area contributed by atoms with Crippen LogP contribution in [0.3, 0.4) is 0 Å². The number of carbonyl (C=O) groups is 2. The first-order valence-electron chi connectivity index (χ1n) is 9.48. The molecule has 0 atom stereocenters. The molecule has 2 aromatic rings. The molecule has 0 aliphatic rings. The third-order valence-corrected chi connectivity index (χ3v) is 4.67. The summed E-state index contributed by atoms with van der Waals surface area (Å²) in [6.45, 7) is 9.79. The van der Waals surface area contributed by atoms with Gasteiger partial charge >= 0.3 is 0 Å². The molecule has 2 rings (SSSR count). The van der Waals surface area contributed by atoms with Gasteiger partial charge in [0.2, 0.25) is 0 Å². The van der Waals surface area contributed by atoms with Crippen LogP contribution in [0.25, 0.3) is 0 Å². The lowest BCUT2D eigenvalue weighted by Gasteiger charge is -2.19. The fraction of sp³-hybridized carbons (Fsp3) is 0.364. The minimum atomic E-state index is -0.285. The van der Waals surface area contributed by atoms with E-state index in [2.05, 4.69) is 35.1 Å². The van der Waals surface area contributed by atoms with Crippen LogP contribution in [0.4, 0.5) is 5.69 Å². The van der Waals surface area contributed by atoms with Gasteiger partial charge < -0.3 is 15.0 Å². The van der Waals surface area contributed by atoms with Crippen LogP contribution >= 0.6 is 15.9 Å². The van der Waals surface area contributed by atoms with E-state index >= 15 is 0 Å². The highest BCUT2D eigenvalue weighted by Crippen LogP contribution is 2.25. The van der Waals surface area contributed by atoms with Crippen LogP contribution in [0, 0.1) is 5.92 Å². The van der Waals surface area contributed by atoms with Crippen molar-refractivity contribution in [2.75, 3.05) is 25.0 Å². The molecular weight excluding hydrogens is 420 g/mol. The molecule has 0 saturated carbocycles. The van der Waals surface area contributed by atoms with E-state index in [4.69, 9.17) is 4.74 Å². The third kappa shape index (κ3) is 5.83. The normalized spacial score (nSPS) is 10.6. The molecule has 6 heteroatoms. The van der Waals surface area contributed by atoms with Gasteiger partial charge in [0.05, 0.1) is 12.2 Å². The molecule has 0 aromatic heterocycles. The van der Waals surface area contributed by atoms with Crippen LogP contribution in [-0.4, -0.2) is 36.4 Å². The number of benzene rings is 2. The molecule has 0 bridgehead atoms. The number of nitrogens with zero attached hydrogens (tertiary/aromatic N) is 1. The van der Waals surface area contributed by atoms with Crippen LogP contribution in [0.5, 0.6) is 5.75 Å². The topological polar surface area (TPSA) is 58.6 Å². The van der Waals surface area contributed by atoms with E-state index in [0.29, 0.717) is 48.2 Å². The number of hydrogen-bond donors (Lipinski definition) is 1. The summed E-state index contributed by atoms with van der Waals surface area (Å²) in [5, 5.41) is 2.87. The van der Waals surface area contributed by atoms with E-state index < -0.39 is 0 Å². The van der Waals surface area contributed by atoms with E-state index in [1.54, 1.807) is 41.3 Å². The largest absolute Gasteiger partial charge is 0.492 e. The van der Waals surface area contributed by atoms with Gasteiger partial charge in [-0.3, -0.25) is 9.59 Å². The van der Waals surface area contributed by atoms with Gasteiger partial charge in [-0.15, -0.1) is 0 Å². The van der Waals surface area contributed by atoms with Crippen LogP contribution in [-0.2, 0) is 0 Å². The zero-order chi connectivity index (χ0) is 20.7. The zero-order valence-electron chi connectivity index (χ0n) is 16.8. The van der Waals surface area contributed by atoms with Crippen LogP contribution in [0.2, 0.25) is 0 Å². The average Bonchev–Trinajstić information content (AvgIpc) is 2.67. The van der Waals surface area contributed by atoms with Crippen molar-refractivity contribution in [2.24, 2.45) is 5.92 Å². The summed E-state index contributed by atoms with van der Waals surface area (Å²) in [6.07, 6.45) is 0. The van der Waals surface area contributed by atoms with Crippen molar-refractivity contribution >= 4 is 33.4 Å². The number of ether oxygens (including phenoxy) is 1. The van der Waals surface area contributed by atoms with E-state index in [1.807, 2.05) is 19.9 Å². The van der Waals surface area contributed by atoms with Crippen molar-refractivity contribution < 1.29 is 14.3 Å². The maximum absolute atomic E-state index is 12.9. The van der Waals surface area contributed by atoms with E-state index in [9.17, 15) is 9.59 Å². The molecule has 150 valence electrons. The van der Waals surface area contributed by atoms with Crippen LogP contribution in [0.15, 0.2) is 46.9 Å². The Balaban J connectivity index is 2.22. The summed E-state index contributed by atoms with van der Waals surface area (Å²) in [5.41, 5.74) is 1.56. The quantitative estimate of drug-likeness (QED) is 0.604. The molecule has 2 amide bonds. The summed E-state index contributed by atoms with van der Waals surface area (Å²) in [7, 11) is 0. The second-order valence-corrected chi connectivity index (χ2v) is 7.77. The molecule has 0 unspecified atom stereocenters. The van der Waals surface area contributed by atoms with Gasteiger partial charge in [-0.05, 0) is 56.2 Å². The Bertz CT molecular complexity index is 832. The average molecular weight is 447 g/mol. The monoisotopic (exact) mass is 446 g/mol. The molecule has 0 aliphatic carbocycles. The molecular formula is C22H27BrN2O3. The van der Waals surface area contributed by atoms with Crippen molar-refractivity contribution in [1.29, 1.82) is 0 Å². The third-order valence-electron chi connectivity index (χ3n) is 4.18. The predicted molar refractivity (Wildman–Crippen MR) is 116 cm³/mol. The Labute approximate surface area is 175 Å². The maximum Gasteiger partial charge on any atom is 0.259 e. The highest BCUT2D eigenvalue weighted by molar-refractivity contribution is 9.10. The van der Waals surface area contributed by atoms with Gasteiger partial charge in [-0.2, -0.15) is 0 Å². The number of anilines is 1. The summed E-state index contributed by atoms with van der Waals surface area (Å²) < 4.78 is 6.58. The van der Waals surface area contributed by atoms with Crippen LogP contribution in [0.1, 0.15) is 48.4 Å². The SMILES string of the molecule is CCN(CC)C(=O)c1cccc(NC(=O)c2cc(Br)ccc2OCC(C)C)c1. The molecule has 0 fully saturated rings. The molecule has 1 N–H and O–H groups in total. The smallest absolute Gasteiger partial charge is 0.259 e. The highest BCUT2D eigenvalue weighted by Gasteiger charge is 2.16. The lowest BCUT2D eigenvalue weighted by Crippen LogP contribution is -2.30. The molecule has 2 aromatic carbocycles. The number of hydrogen-bond acceptors (Lipinski definition) is 3. The van der Waals surface area contributed by atoms with E-state index in [-0.39, 0.29) is 11.8 Å². The minimum absolute atomic E-state index is 0.0514. The van der Waals surface area contributed by atoms with E-state index in [0.717, 1.165) is 4.47 Å². The second-order valence-electron chi connectivity index (χ2n) is 6.86. The van der Waals surface area contributed by atoms with Gasteiger partial charge in [0.1, 0.15) is 5.75 Å². The van der Waals surface area contributed by atoms with Crippen molar-refractivity contribution in [3.8, 4) is 5.75 Å². The minimum Gasteiger partial charge on any atom is -0.492 e. The lowest BCUT2D eigenvalue weighted by atomic mass is 10.1. The van der Waals surface area contributed by atoms with Gasteiger partial charge in [-0.1, -0.05) is 35.8 Å². The summed E-state index contributed by atoms with van der Waals surface area (Å²) in [4.78, 5) is 27.1. The molecule has 0 heterocycles. The number of rotatable bonds is 8. The Kier molecular flexibility index (Phi) is 8.05. The van der Waals surface area contributed by atoms with Crippen LogP contribution < -0.4 is 10.1 Å². The zero-order valence-corrected chi connectivity index (χ0v) is 18.4. The number of halogens is 1. The number of carbonyl (C=O) groups excluding carboxylic acids is 2. The Hall–Kier alpha value is -2.34. The lowest BCUT2D eigenvalue weighted by molar-refractivity contribution is 0.0772. The standard InChI is InChI=1S/C22H27BrN2O3/c1-5-25(6-2)22(27)16-8-7-9-18(12-16)24-21(26)19-13-17(23)10-11-20(19)28-14-15(3)4/h7-13,15H,5-6,14H2,1-4H3,(H,24,26). The second kappa shape index (κ2) is 10.3. The van der Waals surface area contributed by atoms with Gasteiger partial charge in [-0.25, -0.2) is 0 Å². The molecule has 0 aliphatic heterocycles. The fourth-order valence-electron chi connectivity index (χ4n) is 2.68. The van der Waals surface area contributed by atoms with Crippen molar-refractivity contribution in [1.82, 2.24) is 4.90 Å². The van der Waals surface area contributed by atoms with Crippen molar-refractivity contribution in [2.45, 2.75) is 27.7 Å². The van der Waals surface area contributed by atoms with Crippen molar-refractivity contribution in [3.05, 3.63) is 58.1 Å². The molecule has 5 nitrogen and oxygen atoms in total. The predicted octanol–water partition coefficient (Wildman–Crippen LogP) is 5.22. The Morgan fingerprint density at radius 2 is 1.82 bits per heavy atom. The first kappa shape index (κ1) is 22.0. The Morgan fingerprint density at radius 3 is 2.46 bits per heavy atom. The van der Waals surface area contributed by atoms with Crippen molar-refractivity contribution in [3.63, 3.8) is 0 Å². The molecule has 28 heavy (non-hydrogen) atoms.